The maximum absolute atomic E-state index is 15.1. The number of carbonyl (C=O) groups is 5. The molecule has 2 aliphatic carbocycles. The number of guanidine groups is 1. The first-order valence-electron chi connectivity index (χ1n) is 21.4. The Morgan fingerprint density at radius 1 is 0.807 bits per heavy atom. The Bertz CT molecular complexity index is 1490. The number of benzene rings is 1. The molecule has 0 spiro atoms. The summed E-state index contributed by atoms with van der Waals surface area (Å²) in [6.45, 7) is 0.0561. The average molecular weight is 795 g/mol. The number of likely N-dealkylation sites (tertiary alicyclic amines) is 1. The van der Waals surface area contributed by atoms with Crippen molar-refractivity contribution in [2.45, 2.75) is 151 Å². The van der Waals surface area contributed by atoms with Gasteiger partial charge in [0.25, 0.3) is 0 Å². The number of hydrogen-bond acceptors (Lipinski definition) is 10. The van der Waals surface area contributed by atoms with Crippen molar-refractivity contribution in [2.24, 2.45) is 45.5 Å². The molecule has 1 heterocycles. The van der Waals surface area contributed by atoms with Gasteiger partial charge in [-0.3, -0.25) is 24.0 Å². The van der Waals surface area contributed by atoms with Crippen molar-refractivity contribution in [3.05, 3.63) is 35.9 Å². The van der Waals surface area contributed by atoms with Crippen molar-refractivity contribution in [2.75, 3.05) is 26.7 Å². The number of rotatable bonds is 22. The summed E-state index contributed by atoms with van der Waals surface area (Å²) in [7, 11) is 1.69. The van der Waals surface area contributed by atoms with E-state index >= 15 is 4.79 Å². The number of nitrogens with zero attached hydrogens (tertiary/aromatic N) is 2. The van der Waals surface area contributed by atoms with E-state index < -0.39 is 71.6 Å². The van der Waals surface area contributed by atoms with Gasteiger partial charge in [0, 0.05) is 6.54 Å². The zero-order chi connectivity index (χ0) is 41.4. The Morgan fingerprint density at radius 2 is 1.42 bits per heavy atom. The van der Waals surface area contributed by atoms with Crippen LogP contribution in [0.3, 0.4) is 0 Å². The molecule has 3 fully saturated rings. The molecule has 1 unspecified atom stereocenters. The highest BCUT2D eigenvalue weighted by Gasteiger charge is 2.54. The summed E-state index contributed by atoms with van der Waals surface area (Å²) in [5.41, 5.74) is 29.5. The van der Waals surface area contributed by atoms with Crippen LogP contribution in [0, 0.1) is 11.8 Å². The maximum atomic E-state index is 15.1. The molecule has 3 amide bonds. The molecule has 318 valence electrons. The first-order valence-corrected chi connectivity index (χ1v) is 21.4. The monoisotopic (exact) mass is 795 g/mol. The molecule has 6 atom stereocenters. The summed E-state index contributed by atoms with van der Waals surface area (Å²) in [6, 6.07) is 4.87. The normalized spacial score (nSPS) is 21.1. The van der Waals surface area contributed by atoms with Crippen molar-refractivity contribution in [1.82, 2.24) is 20.9 Å². The van der Waals surface area contributed by atoms with Crippen LogP contribution in [0.5, 0.6) is 0 Å². The average Bonchev–Trinajstić information content (AvgIpc) is 3.71. The van der Waals surface area contributed by atoms with E-state index in [0.29, 0.717) is 57.4 Å². The number of likely N-dealkylation sites (N-methyl/N-ethyl adjacent to an activating group) is 1. The highest BCUT2D eigenvalue weighted by molar-refractivity contribution is 6.18. The van der Waals surface area contributed by atoms with Crippen LogP contribution in [-0.4, -0.2) is 103 Å². The van der Waals surface area contributed by atoms with Crippen molar-refractivity contribution >= 4 is 35.2 Å². The van der Waals surface area contributed by atoms with Crippen LogP contribution in [0.4, 0.5) is 0 Å². The molecule has 1 aliphatic heterocycles. The van der Waals surface area contributed by atoms with E-state index in [0.717, 1.165) is 69.8 Å². The summed E-state index contributed by atoms with van der Waals surface area (Å²) < 4.78 is 0. The van der Waals surface area contributed by atoms with E-state index in [2.05, 4.69) is 20.9 Å². The molecule has 3 aliphatic rings. The smallest absolute Gasteiger partial charge is 0.245 e. The first-order chi connectivity index (χ1) is 27.4. The standard InChI is InChI=1S/C42H70N10O5/c1-48-34(26-30-18-9-4-10-19-30)39(56)50-33(20-11-12-22-43)40(57)52-23-13-21-35(52)37(54)42(51-41(46)47,36(53)31(44)24-28-14-5-2-6-15-28)27-49-38(55)32(45)25-29-16-7-3-8-17-29/h4,9-10,18-19,28-29,31-35,48H,2-3,5-8,11-17,20-27,43-45H2,1H3,(H,49,55)(H,50,56)(H4,46,47,51)/t31-,32+,33+,34+,35+,42?/m1/s1. The van der Waals surface area contributed by atoms with E-state index in [1.54, 1.807) is 7.05 Å². The van der Waals surface area contributed by atoms with Gasteiger partial charge in [0.2, 0.25) is 23.3 Å². The first kappa shape index (κ1) is 45.8. The summed E-state index contributed by atoms with van der Waals surface area (Å²) in [5.74, 6) is -2.80. The third-order valence-electron chi connectivity index (χ3n) is 12.3. The molecule has 13 N–H and O–H groups in total. The largest absolute Gasteiger partial charge is 0.370 e. The number of carbonyl (C=O) groups excluding carboxylic acids is 5. The van der Waals surface area contributed by atoms with Crippen molar-refractivity contribution < 1.29 is 24.0 Å². The Hall–Kier alpha value is -3.92. The highest BCUT2D eigenvalue weighted by Crippen LogP contribution is 2.32. The molecule has 1 aromatic carbocycles. The lowest BCUT2D eigenvalue weighted by Gasteiger charge is -2.36. The fraction of sp³-hybridized carbons (Fsp3) is 0.714. The van der Waals surface area contributed by atoms with Gasteiger partial charge in [0.05, 0.1) is 30.7 Å². The van der Waals surface area contributed by atoms with Crippen LogP contribution in [0.15, 0.2) is 35.3 Å². The molecule has 0 aromatic heterocycles. The molecule has 1 saturated heterocycles. The van der Waals surface area contributed by atoms with E-state index in [9.17, 15) is 19.2 Å². The topological polar surface area (TPSA) is 267 Å². The molecule has 2 saturated carbocycles. The van der Waals surface area contributed by atoms with Gasteiger partial charge in [-0.25, -0.2) is 4.99 Å². The fourth-order valence-electron chi connectivity index (χ4n) is 9.07. The van der Waals surface area contributed by atoms with E-state index in [1.165, 1.54) is 4.90 Å². The molecule has 0 radical (unpaired) electrons. The number of ketones is 2. The van der Waals surface area contributed by atoms with E-state index in [4.69, 9.17) is 28.7 Å². The number of amides is 3. The molecular formula is C42H70N10O5. The lowest BCUT2D eigenvalue weighted by atomic mass is 9.77. The molecule has 4 rings (SSSR count). The van der Waals surface area contributed by atoms with Gasteiger partial charge in [0.1, 0.15) is 6.04 Å². The van der Waals surface area contributed by atoms with Crippen molar-refractivity contribution in [3.63, 3.8) is 0 Å². The summed E-state index contributed by atoms with van der Waals surface area (Å²) >= 11 is 0. The van der Waals surface area contributed by atoms with Crippen LogP contribution in [0.25, 0.3) is 0 Å². The number of Topliss-reactive ketones (excluding diaryl/α,β-unsaturated/α-hetero) is 2. The zero-order valence-corrected chi connectivity index (χ0v) is 34.1. The second-order valence-corrected chi connectivity index (χ2v) is 16.6. The van der Waals surface area contributed by atoms with Crippen LogP contribution < -0.4 is 44.6 Å². The summed E-state index contributed by atoms with van der Waals surface area (Å²) in [4.78, 5) is 77.5. The predicted octanol–water partition coefficient (Wildman–Crippen LogP) is 1.28. The Kier molecular flexibility index (Phi) is 18.4. The number of nitrogens with two attached hydrogens (primary N) is 5. The molecule has 1 aromatic rings. The zero-order valence-electron chi connectivity index (χ0n) is 34.1. The minimum absolute atomic E-state index is 0.189. The Labute approximate surface area is 338 Å². The Morgan fingerprint density at radius 3 is 2.00 bits per heavy atom. The van der Waals surface area contributed by atoms with Gasteiger partial charge in [-0.15, -0.1) is 0 Å². The molecule has 0 bridgehead atoms. The second kappa shape index (κ2) is 22.9. The second-order valence-electron chi connectivity index (χ2n) is 16.6. The van der Waals surface area contributed by atoms with Crippen molar-refractivity contribution in [3.8, 4) is 0 Å². The molecular weight excluding hydrogens is 725 g/mol. The summed E-state index contributed by atoms with van der Waals surface area (Å²) in [6.07, 6.45) is 13.7. The minimum Gasteiger partial charge on any atom is -0.370 e. The van der Waals surface area contributed by atoms with Gasteiger partial charge in [-0.2, -0.15) is 0 Å². The molecule has 15 nitrogen and oxygen atoms in total. The van der Waals surface area contributed by atoms with Gasteiger partial charge in [-0.1, -0.05) is 94.5 Å². The fourth-order valence-corrected chi connectivity index (χ4v) is 9.07. The van der Waals surface area contributed by atoms with Crippen LogP contribution in [-0.2, 0) is 30.4 Å². The predicted molar refractivity (Wildman–Crippen MR) is 222 cm³/mol. The minimum atomic E-state index is -2.31. The lowest BCUT2D eigenvalue weighted by Crippen LogP contribution is -2.65. The van der Waals surface area contributed by atoms with Gasteiger partial charge < -0.3 is 49.5 Å². The van der Waals surface area contributed by atoms with Gasteiger partial charge >= 0.3 is 0 Å². The third kappa shape index (κ3) is 13.0. The number of unbranched alkanes of at least 4 members (excludes halogenated alkanes) is 1. The SMILES string of the molecule is CN[C@@H](Cc1ccccc1)C(=O)N[C@@H](CCCCN)C(=O)N1CCC[C@H]1C(=O)C(CNC(=O)[C@@H](N)CC1CCCCC1)(N=C(N)N)C(=O)[C@H](N)CC1CCCCC1. The van der Waals surface area contributed by atoms with E-state index in [1.807, 2.05) is 30.3 Å². The highest BCUT2D eigenvalue weighted by atomic mass is 16.2. The number of hydrogen-bond donors (Lipinski definition) is 8. The quantitative estimate of drug-likeness (QED) is 0.0359. The molecule has 15 heteroatoms. The van der Waals surface area contributed by atoms with Crippen LogP contribution >= 0.6 is 0 Å². The summed E-state index contributed by atoms with van der Waals surface area (Å²) in [5, 5.41) is 8.79. The maximum Gasteiger partial charge on any atom is 0.245 e. The van der Waals surface area contributed by atoms with Crippen LogP contribution in [0.2, 0.25) is 0 Å². The van der Waals surface area contributed by atoms with Crippen molar-refractivity contribution in [1.29, 1.82) is 0 Å². The van der Waals surface area contributed by atoms with Gasteiger partial charge in [0.15, 0.2) is 17.5 Å². The molecule has 57 heavy (non-hydrogen) atoms. The third-order valence-corrected chi connectivity index (χ3v) is 12.3. The van der Waals surface area contributed by atoms with E-state index in [-0.39, 0.29) is 24.8 Å². The van der Waals surface area contributed by atoms with Crippen LogP contribution in [0.1, 0.15) is 115 Å². The lowest BCUT2D eigenvalue weighted by molar-refractivity contribution is -0.145. The number of nitrogens with one attached hydrogen (secondary N) is 3. The van der Waals surface area contributed by atoms with Gasteiger partial charge in [-0.05, 0) is 82.4 Å². The Balaban J connectivity index is 1.63. The number of aliphatic imine (C=N–C) groups is 1.